The van der Waals surface area contributed by atoms with E-state index < -0.39 is 11.4 Å². The van der Waals surface area contributed by atoms with E-state index in [0.717, 1.165) is 25.7 Å². The number of hydrogen-bond donors (Lipinski definition) is 2. The van der Waals surface area contributed by atoms with Gasteiger partial charge >= 0.3 is 5.97 Å². The summed E-state index contributed by atoms with van der Waals surface area (Å²) in [7, 11) is 0. The number of carboxylic acids is 1. The maximum absolute atomic E-state index is 10.9. The van der Waals surface area contributed by atoms with Crippen molar-refractivity contribution >= 4 is 5.97 Å². The van der Waals surface area contributed by atoms with Crippen LogP contribution >= 0.6 is 0 Å². The topological polar surface area (TPSA) is 72.5 Å². The molecule has 17 heavy (non-hydrogen) atoms. The van der Waals surface area contributed by atoms with Gasteiger partial charge in [-0.15, -0.1) is 0 Å². The number of carboxylic acid groups (broad SMARTS) is 1. The Morgan fingerprint density at radius 2 is 1.82 bits per heavy atom. The van der Waals surface area contributed by atoms with Crippen molar-refractivity contribution in [2.45, 2.75) is 57.9 Å². The van der Waals surface area contributed by atoms with Crippen LogP contribution in [0.2, 0.25) is 0 Å². The van der Waals surface area contributed by atoms with Crippen LogP contribution in [0.3, 0.4) is 0 Å². The largest absolute Gasteiger partial charge is 0.481 e. The van der Waals surface area contributed by atoms with Crippen LogP contribution in [0.25, 0.3) is 0 Å². The third kappa shape index (κ3) is 4.64. The number of ether oxygens (including phenoxy) is 1. The van der Waals surface area contributed by atoms with Crippen molar-refractivity contribution in [2.75, 3.05) is 13.2 Å². The average molecular weight is 243 g/mol. The van der Waals surface area contributed by atoms with Gasteiger partial charge in [-0.05, 0) is 26.7 Å². The molecular formula is C13H25NO3. The van der Waals surface area contributed by atoms with Gasteiger partial charge in [0.1, 0.15) is 0 Å². The van der Waals surface area contributed by atoms with Gasteiger partial charge in [0.05, 0.1) is 18.6 Å². The van der Waals surface area contributed by atoms with Gasteiger partial charge in [-0.1, -0.05) is 25.7 Å². The van der Waals surface area contributed by atoms with Crippen LogP contribution in [0.15, 0.2) is 0 Å². The molecule has 0 unspecified atom stereocenters. The van der Waals surface area contributed by atoms with Crippen molar-refractivity contribution in [2.24, 2.45) is 11.1 Å². The highest BCUT2D eigenvalue weighted by molar-refractivity contribution is 5.73. The Balaban J connectivity index is 2.36. The van der Waals surface area contributed by atoms with Gasteiger partial charge in [0.15, 0.2) is 0 Å². The molecule has 0 saturated heterocycles. The zero-order valence-corrected chi connectivity index (χ0v) is 11.0. The second-order valence-corrected chi connectivity index (χ2v) is 5.96. The van der Waals surface area contributed by atoms with Crippen molar-refractivity contribution < 1.29 is 14.6 Å². The molecule has 0 bridgehead atoms. The lowest BCUT2D eigenvalue weighted by molar-refractivity contribution is -0.150. The molecule has 0 aliphatic heterocycles. The predicted molar refractivity (Wildman–Crippen MR) is 66.9 cm³/mol. The summed E-state index contributed by atoms with van der Waals surface area (Å²) in [6.07, 6.45) is 6.78. The van der Waals surface area contributed by atoms with E-state index in [4.69, 9.17) is 15.6 Å². The van der Waals surface area contributed by atoms with E-state index in [1.807, 2.05) is 0 Å². The molecular weight excluding hydrogens is 218 g/mol. The van der Waals surface area contributed by atoms with E-state index >= 15 is 0 Å². The van der Waals surface area contributed by atoms with Crippen LogP contribution in [0.5, 0.6) is 0 Å². The van der Waals surface area contributed by atoms with E-state index in [0.29, 0.717) is 6.61 Å². The number of hydrogen-bond acceptors (Lipinski definition) is 3. The molecule has 0 atom stereocenters. The van der Waals surface area contributed by atoms with Crippen molar-refractivity contribution in [3.63, 3.8) is 0 Å². The van der Waals surface area contributed by atoms with Gasteiger partial charge in [0.25, 0.3) is 0 Å². The maximum Gasteiger partial charge on any atom is 0.311 e. The third-order valence-corrected chi connectivity index (χ3v) is 3.53. The minimum absolute atomic E-state index is 0.223. The molecule has 1 fully saturated rings. The first-order valence-corrected chi connectivity index (χ1v) is 6.46. The summed E-state index contributed by atoms with van der Waals surface area (Å²) in [6.45, 7) is 4.04. The Kier molecular flexibility index (Phi) is 4.95. The highest BCUT2D eigenvalue weighted by Gasteiger charge is 2.31. The van der Waals surface area contributed by atoms with E-state index in [9.17, 15) is 4.79 Å². The van der Waals surface area contributed by atoms with Crippen molar-refractivity contribution in [3.05, 3.63) is 0 Å². The third-order valence-electron chi connectivity index (χ3n) is 3.53. The molecule has 0 spiro atoms. The Hall–Kier alpha value is -0.610. The highest BCUT2D eigenvalue weighted by Crippen LogP contribution is 2.26. The van der Waals surface area contributed by atoms with E-state index in [1.54, 1.807) is 13.8 Å². The lowest BCUT2D eigenvalue weighted by atomic mass is 9.92. The van der Waals surface area contributed by atoms with Gasteiger partial charge in [-0.2, -0.15) is 0 Å². The molecule has 0 aromatic heterocycles. The Bertz CT molecular complexity index is 255. The summed E-state index contributed by atoms with van der Waals surface area (Å²) in [5.74, 6) is -0.829. The molecule has 4 heteroatoms. The summed E-state index contributed by atoms with van der Waals surface area (Å²) in [5.41, 5.74) is 5.21. The molecule has 0 amide bonds. The average Bonchev–Trinajstić information content (AvgIpc) is 2.43. The summed E-state index contributed by atoms with van der Waals surface area (Å²) in [4.78, 5) is 10.9. The smallest absolute Gasteiger partial charge is 0.311 e. The van der Waals surface area contributed by atoms with Gasteiger partial charge in [-0.3, -0.25) is 4.79 Å². The van der Waals surface area contributed by atoms with E-state index in [1.165, 1.54) is 12.8 Å². The summed E-state index contributed by atoms with van der Waals surface area (Å²) >= 11 is 0. The van der Waals surface area contributed by atoms with Gasteiger partial charge < -0.3 is 15.6 Å². The molecule has 1 saturated carbocycles. The standard InChI is InChI=1S/C13H25NO3/c1-12(2,11(15)16)9-17-10-13(14)7-5-3-4-6-8-13/h3-10,14H2,1-2H3,(H,15,16). The SMILES string of the molecule is CC(C)(COCC1(N)CCCCCC1)C(=O)O. The van der Waals surface area contributed by atoms with Gasteiger partial charge in [-0.25, -0.2) is 0 Å². The van der Waals surface area contributed by atoms with Crippen LogP contribution in [-0.2, 0) is 9.53 Å². The minimum Gasteiger partial charge on any atom is -0.481 e. The van der Waals surface area contributed by atoms with Crippen LogP contribution in [0.1, 0.15) is 52.4 Å². The second-order valence-electron chi connectivity index (χ2n) is 5.96. The van der Waals surface area contributed by atoms with Crippen molar-refractivity contribution in [1.29, 1.82) is 0 Å². The molecule has 0 aromatic carbocycles. The normalized spacial score (nSPS) is 20.9. The first-order valence-electron chi connectivity index (χ1n) is 6.46. The number of nitrogens with two attached hydrogens (primary N) is 1. The van der Waals surface area contributed by atoms with Crippen molar-refractivity contribution in [1.82, 2.24) is 0 Å². The van der Waals surface area contributed by atoms with E-state index in [-0.39, 0.29) is 12.1 Å². The molecule has 100 valence electrons. The molecule has 1 aliphatic rings. The molecule has 0 aromatic rings. The number of rotatable bonds is 5. The molecule has 0 heterocycles. The molecule has 1 rings (SSSR count). The summed E-state index contributed by atoms with van der Waals surface area (Å²) in [5, 5.41) is 8.98. The lowest BCUT2D eigenvalue weighted by Gasteiger charge is -2.29. The Morgan fingerprint density at radius 3 is 2.29 bits per heavy atom. The Morgan fingerprint density at radius 1 is 1.29 bits per heavy atom. The fourth-order valence-electron chi connectivity index (χ4n) is 2.15. The first kappa shape index (κ1) is 14.5. The monoisotopic (exact) mass is 243 g/mol. The number of aliphatic carboxylic acids is 1. The van der Waals surface area contributed by atoms with Crippen LogP contribution in [0.4, 0.5) is 0 Å². The minimum atomic E-state index is -0.832. The van der Waals surface area contributed by atoms with Crippen molar-refractivity contribution in [3.8, 4) is 0 Å². The lowest BCUT2D eigenvalue weighted by Crippen LogP contribution is -2.45. The van der Waals surface area contributed by atoms with Crippen LogP contribution in [0, 0.1) is 5.41 Å². The fourth-order valence-corrected chi connectivity index (χ4v) is 2.15. The molecule has 3 N–H and O–H groups in total. The fraction of sp³-hybridized carbons (Fsp3) is 0.923. The molecule has 4 nitrogen and oxygen atoms in total. The number of carbonyl (C=O) groups is 1. The maximum atomic E-state index is 10.9. The zero-order valence-electron chi connectivity index (χ0n) is 11.0. The second kappa shape index (κ2) is 5.83. The molecule has 1 aliphatic carbocycles. The zero-order chi connectivity index (χ0) is 12.9. The predicted octanol–water partition coefficient (Wildman–Crippen LogP) is 2.17. The van der Waals surface area contributed by atoms with E-state index in [2.05, 4.69) is 0 Å². The summed E-state index contributed by atoms with van der Waals surface area (Å²) < 4.78 is 5.55. The quantitative estimate of drug-likeness (QED) is 0.726. The van der Waals surface area contributed by atoms with Gasteiger partial charge in [0.2, 0.25) is 0 Å². The Labute approximate surface area is 104 Å². The van der Waals surface area contributed by atoms with Gasteiger partial charge in [0, 0.05) is 5.54 Å². The summed E-state index contributed by atoms with van der Waals surface area (Å²) in [6, 6.07) is 0. The first-order chi connectivity index (χ1) is 7.86. The highest BCUT2D eigenvalue weighted by atomic mass is 16.5. The molecule has 0 radical (unpaired) electrons. The van der Waals surface area contributed by atoms with Crippen LogP contribution in [-0.4, -0.2) is 29.8 Å². The van der Waals surface area contributed by atoms with Crippen LogP contribution < -0.4 is 5.73 Å².